The molecule has 1 saturated heterocycles. The van der Waals surface area contributed by atoms with E-state index in [1.54, 1.807) is 0 Å². The molecule has 1 aliphatic heterocycles. The fourth-order valence-corrected chi connectivity index (χ4v) is 2.52. The third-order valence-corrected chi connectivity index (χ3v) is 3.64. The maximum absolute atomic E-state index is 13.9. The minimum atomic E-state index is -0.804. The van der Waals surface area contributed by atoms with Gasteiger partial charge in [0.05, 0.1) is 23.4 Å². The second-order valence-electron chi connectivity index (χ2n) is 5.42. The van der Waals surface area contributed by atoms with E-state index in [1.807, 2.05) is 6.92 Å². The van der Waals surface area contributed by atoms with E-state index in [9.17, 15) is 8.78 Å². The summed E-state index contributed by atoms with van der Waals surface area (Å²) in [5.41, 5.74) is 5.03. The van der Waals surface area contributed by atoms with Gasteiger partial charge in [0.15, 0.2) is 5.82 Å². The van der Waals surface area contributed by atoms with Gasteiger partial charge in [-0.1, -0.05) is 0 Å². The maximum atomic E-state index is 13.9. The average molecular weight is 295 g/mol. The van der Waals surface area contributed by atoms with Gasteiger partial charge < -0.3 is 10.5 Å². The molecule has 2 aromatic rings. The molecule has 0 amide bonds. The van der Waals surface area contributed by atoms with Gasteiger partial charge in [0.25, 0.3) is 0 Å². The van der Waals surface area contributed by atoms with Gasteiger partial charge in [-0.15, -0.1) is 5.10 Å². The van der Waals surface area contributed by atoms with Crippen LogP contribution in [0.5, 0.6) is 0 Å². The van der Waals surface area contributed by atoms with Crippen LogP contribution in [0.25, 0.3) is 11.4 Å². The van der Waals surface area contributed by atoms with Crippen LogP contribution in [0, 0.1) is 11.6 Å². The summed E-state index contributed by atoms with van der Waals surface area (Å²) in [5, 5.41) is 11.3. The number of halogens is 2. The van der Waals surface area contributed by atoms with Crippen molar-refractivity contribution in [2.24, 2.45) is 0 Å². The van der Waals surface area contributed by atoms with Crippen molar-refractivity contribution in [3.63, 3.8) is 0 Å². The molecule has 1 unspecified atom stereocenters. The smallest absolute Gasteiger partial charge is 0.185 e. The molecule has 0 saturated carbocycles. The Kier molecular flexibility index (Phi) is 3.32. The second kappa shape index (κ2) is 5.03. The fraction of sp³-hybridized carbons (Fsp3) is 0.462. The summed E-state index contributed by atoms with van der Waals surface area (Å²) < 4.78 is 34.3. The Morgan fingerprint density at radius 3 is 2.90 bits per heavy atom. The average Bonchev–Trinajstić information content (AvgIpc) is 3.04. The Hall–Kier alpha value is -2.09. The first kappa shape index (κ1) is 13.9. The summed E-state index contributed by atoms with van der Waals surface area (Å²) >= 11 is 0. The molecule has 6 nitrogen and oxygen atoms in total. The van der Waals surface area contributed by atoms with E-state index < -0.39 is 11.6 Å². The number of nitrogens with zero attached hydrogens (tertiary/aromatic N) is 4. The van der Waals surface area contributed by atoms with Crippen molar-refractivity contribution in [2.45, 2.75) is 31.9 Å². The van der Waals surface area contributed by atoms with Gasteiger partial charge in [-0.25, -0.2) is 13.5 Å². The number of tetrazole rings is 1. The van der Waals surface area contributed by atoms with Gasteiger partial charge in [0.1, 0.15) is 11.6 Å². The third-order valence-electron chi connectivity index (χ3n) is 3.64. The Balaban J connectivity index is 1.97. The molecular weight excluding hydrogens is 280 g/mol. The van der Waals surface area contributed by atoms with Crippen LogP contribution in [0.15, 0.2) is 12.1 Å². The predicted octanol–water partition coefficient (Wildman–Crippen LogP) is 1.77. The van der Waals surface area contributed by atoms with Crippen molar-refractivity contribution < 1.29 is 13.5 Å². The second-order valence-corrected chi connectivity index (χ2v) is 5.42. The highest BCUT2D eigenvalue weighted by atomic mass is 19.1. The van der Waals surface area contributed by atoms with Gasteiger partial charge in [-0.2, -0.15) is 0 Å². The largest absolute Gasteiger partial charge is 0.396 e. The van der Waals surface area contributed by atoms with Crippen molar-refractivity contribution in [3.8, 4) is 11.4 Å². The summed E-state index contributed by atoms with van der Waals surface area (Å²) in [7, 11) is 0. The summed E-state index contributed by atoms with van der Waals surface area (Å²) in [6.07, 6.45) is 1.84. The van der Waals surface area contributed by atoms with Gasteiger partial charge in [0.2, 0.25) is 0 Å². The summed E-state index contributed by atoms with van der Waals surface area (Å²) in [4.78, 5) is 0. The van der Waals surface area contributed by atoms with Crippen molar-refractivity contribution in [3.05, 3.63) is 23.8 Å². The first-order chi connectivity index (χ1) is 9.98. The lowest BCUT2D eigenvalue weighted by molar-refractivity contribution is 0.00354. The molecule has 1 aliphatic rings. The number of anilines is 1. The molecule has 1 aromatic carbocycles. The van der Waals surface area contributed by atoms with Crippen LogP contribution in [0.1, 0.15) is 19.8 Å². The first-order valence-corrected chi connectivity index (χ1v) is 6.63. The molecule has 3 rings (SSSR count). The van der Waals surface area contributed by atoms with E-state index in [-0.39, 0.29) is 22.7 Å². The quantitative estimate of drug-likeness (QED) is 0.873. The lowest BCUT2D eigenvalue weighted by Crippen LogP contribution is -2.30. The number of nitrogens with two attached hydrogens (primary N) is 1. The Morgan fingerprint density at radius 2 is 2.19 bits per heavy atom. The highest BCUT2D eigenvalue weighted by molar-refractivity contribution is 5.62. The molecule has 2 heterocycles. The van der Waals surface area contributed by atoms with Gasteiger partial charge in [0, 0.05) is 12.7 Å². The molecule has 1 aromatic heterocycles. The molecule has 0 spiro atoms. The molecule has 112 valence electrons. The van der Waals surface area contributed by atoms with E-state index in [0.717, 1.165) is 18.9 Å². The first-order valence-electron chi connectivity index (χ1n) is 6.63. The van der Waals surface area contributed by atoms with Gasteiger partial charge in [-0.05, 0) is 36.3 Å². The van der Waals surface area contributed by atoms with Crippen LogP contribution < -0.4 is 5.73 Å². The lowest BCUT2D eigenvalue weighted by atomic mass is 10.0. The minimum absolute atomic E-state index is 0.0699. The number of hydrogen-bond acceptors (Lipinski definition) is 5. The maximum Gasteiger partial charge on any atom is 0.185 e. The fourth-order valence-electron chi connectivity index (χ4n) is 2.52. The monoisotopic (exact) mass is 295 g/mol. The van der Waals surface area contributed by atoms with Crippen molar-refractivity contribution in [1.82, 2.24) is 20.2 Å². The van der Waals surface area contributed by atoms with Gasteiger partial charge >= 0.3 is 0 Å². The van der Waals surface area contributed by atoms with E-state index in [1.165, 1.54) is 10.7 Å². The molecular formula is C13H15F2N5O. The van der Waals surface area contributed by atoms with Crippen molar-refractivity contribution >= 4 is 5.69 Å². The van der Waals surface area contributed by atoms with Crippen LogP contribution in [0.3, 0.4) is 0 Å². The lowest BCUT2D eigenvalue weighted by Gasteiger charge is -2.23. The van der Waals surface area contributed by atoms with E-state index in [0.29, 0.717) is 13.2 Å². The molecule has 1 atom stereocenters. The van der Waals surface area contributed by atoms with E-state index >= 15 is 0 Å². The molecule has 0 radical (unpaired) electrons. The van der Waals surface area contributed by atoms with Crippen LogP contribution in [-0.2, 0) is 11.3 Å². The van der Waals surface area contributed by atoms with Crippen LogP contribution in [-0.4, -0.2) is 32.4 Å². The highest BCUT2D eigenvalue weighted by Gasteiger charge is 2.32. The Bertz CT molecular complexity index is 667. The molecule has 21 heavy (non-hydrogen) atoms. The highest BCUT2D eigenvalue weighted by Crippen LogP contribution is 2.29. The predicted molar refractivity (Wildman–Crippen MR) is 71.2 cm³/mol. The Morgan fingerprint density at radius 1 is 1.38 bits per heavy atom. The standard InChI is InChI=1S/C13H15F2N5O/c1-13(3-2-4-21-13)7-20-12(17-18-19-20)8-5-11(16)10(15)6-9(8)14/h5-6H,2-4,7,16H2,1H3. The zero-order valence-electron chi connectivity index (χ0n) is 11.5. The zero-order valence-corrected chi connectivity index (χ0v) is 11.5. The normalized spacial score (nSPS) is 21.9. The van der Waals surface area contributed by atoms with Crippen LogP contribution >= 0.6 is 0 Å². The van der Waals surface area contributed by atoms with E-state index in [4.69, 9.17) is 10.5 Å². The minimum Gasteiger partial charge on any atom is -0.396 e. The van der Waals surface area contributed by atoms with Gasteiger partial charge in [-0.3, -0.25) is 0 Å². The third kappa shape index (κ3) is 2.58. The molecule has 8 heteroatoms. The molecule has 0 aliphatic carbocycles. The molecule has 0 bridgehead atoms. The molecule has 1 fully saturated rings. The SMILES string of the molecule is CC1(Cn2nnnc2-c2cc(N)c(F)cc2F)CCCO1. The number of benzene rings is 1. The zero-order chi connectivity index (χ0) is 15.0. The van der Waals surface area contributed by atoms with Crippen molar-refractivity contribution in [2.75, 3.05) is 12.3 Å². The molecule has 2 N–H and O–H groups in total. The van der Waals surface area contributed by atoms with Crippen LogP contribution in [0.2, 0.25) is 0 Å². The number of nitrogen functional groups attached to an aromatic ring is 1. The summed E-state index contributed by atoms with van der Waals surface area (Å²) in [6, 6.07) is 1.93. The number of ether oxygens (including phenoxy) is 1. The Labute approximate surface area is 119 Å². The van der Waals surface area contributed by atoms with E-state index in [2.05, 4.69) is 15.5 Å². The topological polar surface area (TPSA) is 78.9 Å². The summed E-state index contributed by atoms with van der Waals surface area (Å²) in [6.45, 7) is 3.04. The number of rotatable bonds is 3. The van der Waals surface area contributed by atoms with Crippen LogP contribution in [0.4, 0.5) is 14.5 Å². The number of hydrogen-bond donors (Lipinski definition) is 1. The summed E-state index contributed by atoms with van der Waals surface area (Å²) in [5.74, 6) is -1.35. The number of aromatic nitrogens is 4. The van der Waals surface area contributed by atoms with Crippen molar-refractivity contribution in [1.29, 1.82) is 0 Å².